The monoisotopic (exact) mass is 486 g/mol. The van der Waals surface area contributed by atoms with Crippen molar-refractivity contribution in [1.82, 2.24) is 9.66 Å². The molecule has 162 valence electrons. The Morgan fingerprint density at radius 1 is 1.23 bits per heavy atom. The Bertz CT molecular complexity index is 1200. The van der Waals surface area contributed by atoms with Gasteiger partial charge >= 0.3 is 0 Å². The Morgan fingerprint density at radius 2 is 2.00 bits per heavy atom. The maximum absolute atomic E-state index is 13.1. The molecule has 0 aliphatic carbocycles. The van der Waals surface area contributed by atoms with Crippen molar-refractivity contribution in [2.45, 2.75) is 26.7 Å². The molecule has 1 heterocycles. The van der Waals surface area contributed by atoms with E-state index in [0.717, 1.165) is 4.47 Å². The van der Waals surface area contributed by atoms with E-state index in [0.29, 0.717) is 40.4 Å². The number of hydrogen-bond donors (Lipinski definition) is 1. The summed E-state index contributed by atoms with van der Waals surface area (Å²) in [5.41, 5.74) is 6.20. The molecule has 0 saturated carbocycles. The number of carbonyl (C=O) groups excluding carboxylic acids is 1. The molecule has 2 N–H and O–H groups in total. The van der Waals surface area contributed by atoms with Crippen molar-refractivity contribution in [1.29, 1.82) is 0 Å². The van der Waals surface area contributed by atoms with Gasteiger partial charge in [0.2, 0.25) is 0 Å². The van der Waals surface area contributed by atoms with E-state index >= 15 is 0 Å². The third-order valence-corrected chi connectivity index (χ3v) is 4.80. The topological polar surface area (TPSA) is 109 Å². The molecule has 3 aromatic rings. The van der Waals surface area contributed by atoms with Gasteiger partial charge in [-0.2, -0.15) is 9.78 Å². The zero-order valence-corrected chi connectivity index (χ0v) is 19.0. The summed E-state index contributed by atoms with van der Waals surface area (Å²) in [6.07, 6.45) is 1.55. The van der Waals surface area contributed by atoms with Crippen LogP contribution in [0.5, 0.6) is 11.5 Å². The minimum absolute atomic E-state index is 0.0125. The number of fused-ring (bicyclic) bond motifs is 1. The van der Waals surface area contributed by atoms with E-state index in [1.807, 2.05) is 26.8 Å². The van der Waals surface area contributed by atoms with E-state index in [9.17, 15) is 9.59 Å². The van der Waals surface area contributed by atoms with Gasteiger partial charge in [0.1, 0.15) is 5.82 Å². The number of ether oxygens (including phenoxy) is 2. The molecule has 0 aliphatic rings. The number of primary amides is 1. The number of benzene rings is 2. The molecule has 0 spiro atoms. The maximum atomic E-state index is 13.1. The Labute approximate surface area is 187 Å². The van der Waals surface area contributed by atoms with Crippen LogP contribution >= 0.6 is 15.9 Å². The number of nitrogens with two attached hydrogens (primary N) is 1. The van der Waals surface area contributed by atoms with Crippen LogP contribution in [-0.2, 0) is 4.79 Å². The first-order valence-electron chi connectivity index (χ1n) is 9.74. The first-order valence-corrected chi connectivity index (χ1v) is 10.5. The molecule has 3 rings (SSSR count). The summed E-state index contributed by atoms with van der Waals surface area (Å²) in [6.45, 7) is 5.91. The van der Waals surface area contributed by atoms with Gasteiger partial charge in [0.05, 0.1) is 23.7 Å². The smallest absolute Gasteiger partial charge is 0.282 e. The normalized spacial score (nSPS) is 11.4. The minimum atomic E-state index is -0.580. The first-order chi connectivity index (χ1) is 14.8. The zero-order chi connectivity index (χ0) is 22.5. The molecular formula is C22H23BrN4O4. The Morgan fingerprint density at radius 3 is 2.68 bits per heavy atom. The van der Waals surface area contributed by atoms with Crippen molar-refractivity contribution >= 4 is 39.0 Å². The second kappa shape index (κ2) is 9.74. The average molecular weight is 487 g/mol. The van der Waals surface area contributed by atoms with Gasteiger partial charge in [-0.05, 0) is 48.9 Å². The van der Waals surface area contributed by atoms with Crippen LogP contribution in [0.2, 0.25) is 0 Å². The van der Waals surface area contributed by atoms with Crippen molar-refractivity contribution in [3.8, 4) is 11.5 Å². The summed E-state index contributed by atoms with van der Waals surface area (Å²) in [7, 11) is 0. The fourth-order valence-corrected chi connectivity index (χ4v) is 3.28. The summed E-state index contributed by atoms with van der Waals surface area (Å²) in [4.78, 5) is 28.7. The van der Waals surface area contributed by atoms with Crippen molar-refractivity contribution in [3.05, 3.63) is 62.6 Å². The number of halogens is 1. The average Bonchev–Trinajstić information content (AvgIpc) is 2.72. The number of amides is 1. The number of aromatic nitrogens is 2. The first kappa shape index (κ1) is 22.5. The number of hydrogen-bond acceptors (Lipinski definition) is 6. The van der Waals surface area contributed by atoms with Crippen LogP contribution in [0.25, 0.3) is 10.9 Å². The van der Waals surface area contributed by atoms with Crippen LogP contribution in [0.3, 0.4) is 0 Å². The maximum Gasteiger partial charge on any atom is 0.282 e. The highest BCUT2D eigenvalue weighted by Crippen LogP contribution is 2.28. The molecule has 0 fully saturated rings. The summed E-state index contributed by atoms with van der Waals surface area (Å²) in [6, 6.07) is 10.5. The lowest BCUT2D eigenvalue weighted by Gasteiger charge is -2.13. The third-order valence-electron chi connectivity index (χ3n) is 4.31. The summed E-state index contributed by atoms with van der Waals surface area (Å²) in [5, 5.41) is 4.89. The third kappa shape index (κ3) is 5.29. The zero-order valence-electron chi connectivity index (χ0n) is 17.5. The molecule has 0 saturated heterocycles. The van der Waals surface area contributed by atoms with Gasteiger partial charge in [-0.15, -0.1) is 0 Å². The molecule has 9 heteroatoms. The lowest BCUT2D eigenvalue weighted by atomic mass is 10.2. The van der Waals surface area contributed by atoms with Crippen LogP contribution < -0.4 is 20.8 Å². The van der Waals surface area contributed by atoms with Gasteiger partial charge in [-0.1, -0.05) is 29.8 Å². The minimum Gasteiger partial charge on any atom is -0.490 e. The predicted octanol–water partition coefficient (Wildman–Crippen LogP) is 3.43. The lowest BCUT2D eigenvalue weighted by Crippen LogP contribution is -2.23. The number of rotatable bonds is 8. The number of carbonyl (C=O) groups is 1. The highest BCUT2D eigenvalue weighted by molar-refractivity contribution is 9.10. The van der Waals surface area contributed by atoms with Crippen molar-refractivity contribution < 1.29 is 14.3 Å². The SMILES string of the molecule is CCOc1cc(C=Nn2c(C(C)C)nc3ccc(Br)cc3c2=O)ccc1OCC(N)=O. The summed E-state index contributed by atoms with van der Waals surface area (Å²) in [5.74, 6) is 0.813. The highest BCUT2D eigenvalue weighted by Gasteiger charge is 2.14. The Kier molecular flexibility index (Phi) is 7.06. The lowest BCUT2D eigenvalue weighted by molar-refractivity contribution is -0.119. The van der Waals surface area contributed by atoms with Crippen LogP contribution in [0.15, 0.2) is 50.8 Å². The Balaban J connectivity index is 2.03. The van der Waals surface area contributed by atoms with E-state index < -0.39 is 5.91 Å². The largest absolute Gasteiger partial charge is 0.490 e. The molecule has 0 bridgehead atoms. The molecule has 0 radical (unpaired) electrons. The summed E-state index contributed by atoms with van der Waals surface area (Å²) < 4.78 is 13.1. The second-order valence-corrected chi connectivity index (χ2v) is 7.96. The van der Waals surface area contributed by atoms with Crippen molar-refractivity contribution in [2.24, 2.45) is 10.8 Å². The molecule has 2 aromatic carbocycles. The van der Waals surface area contributed by atoms with E-state index in [2.05, 4.69) is 26.0 Å². The van der Waals surface area contributed by atoms with E-state index in [1.54, 1.807) is 36.5 Å². The number of nitrogens with zero attached hydrogens (tertiary/aromatic N) is 3. The van der Waals surface area contributed by atoms with Gasteiger partial charge in [0.25, 0.3) is 11.5 Å². The molecule has 0 unspecified atom stereocenters. The van der Waals surface area contributed by atoms with Crippen molar-refractivity contribution in [3.63, 3.8) is 0 Å². The predicted molar refractivity (Wildman–Crippen MR) is 123 cm³/mol. The van der Waals surface area contributed by atoms with Gasteiger partial charge in [0, 0.05) is 10.4 Å². The van der Waals surface area contributed by atoms with Crippen molar-refractivity contribution in [2.75, 3.05) is 13.2 Å². The quantitative estimate of drug-likeness (QED) is 0.490. The van der Waals surface area contributed by atoms with Gasteiger partial charge < -0.3 is 15.2 Å². The van der Waals surface area contributed by atoms with Crippen LogP contribution in [0, 0.1) is 0 Å². The second-order valence-electron chi connectivity index (χ2n) is 7.04. The molecule has 1 aromatic heterocycles. The van der Waals surface area contributed by atoms with Gasteiger partial charge in [0.15, 0.2) is 18.1 Å². The van der Waals surface area contributed by atoms with E-state index in [1.165, 1.54) is 4.68 Å². The molecule has 31 heavy (non-hydrogen) atoms. The Hall–Kier alpha value is -3.20. The fourth-order valence-electron chi connectivity index (χ4n) is 2.92. The molecule has 8 nitrogen and oxygen atoms in total. The van der Waals surface area contributed by atoms with Gasteiger partial charge in [-0.25, -0.2) is 4.98 Å². The summed E-state index contributed by atoms with van der Waals surface area (Å²) >= 11 is 3.40. The molecule has 1 amide bonds. The van der Waals surface area contributed by atoms with Crippen LogP contribution in [0.1, 0.15) is 38.1 Å². The van der Waals surface area contributed by atoms with E-state index in [-0.39, 0.29) is 18.1 Å². The highest BCUT2D eigenvalue weighted by atomic mass is 79.9. The molecule has 0 atom stereocenters. The van der Waals surface area contributed by atoms with Gasteiger partial charge in [-0.3, -0.25) is 9.59 Å². The van der Waals surface area contributed by atoms with E-state index in [4.69, 9.17) is 15.2 Å². The molecular weight excluding hydrogens is 464 g/mol. The molecule has 0 aliphatic heterocycles. The fraction of sp³-hybridized carbons (Fsp3) is 0.273. The van der Waals surface area contributed by atoms with Crippen LogP contribution in [0.4, 0.5) is 0 Å². The standard InChI is InChI=1S/C22H23BrN4O4/c1-4-30-19-9-14(5-8-18(19)31-12-20(24)28)11-25-27-21(13(2)3)26-17-7-6-15(23)10-16(17)22(27)29/h5-11,13H,4,12H2,1-3H3,(H2,24,28). The van der Waals surface area contributed by atoms with Crippen LogP contribution in [-0.4, -0.2) is 35.0 Å².